The van der Waals surface area contributed by atoms with Crippen LogP contribution in [0.1, 0.15) is 17.0 Å². The Morgan fingerprint density at radius 2 is 1.94 bits per heavy atom. The first-order chi connectivity index (χ1) is 7.72. The van der Waals surface area contributed by atoms with Crippen molar-refractivity contribution in [1.82, 2.24) is 4.98 Å². The Morgan fingerprint density at radius 3 is 2.50 bits per heavy atom. The van der Waals surface area contributed by atoms with Crippen molar-refractivity contribution in [1.29, 1.82) is 5.26 Å². The maximum atomic E-state index is 9.17. The zero-order chi connectivity index (χ0) is 11.5. The molecule has 1 aromatic carbocycles. The van der Waals surface area contributed by atoms with E-state index in [1.54, 1.807) is 24.5 Å². The van der Waals surface area contributed by atoms with Crippen LogP contribution < -0.4 is 0 Å². The van der Waals surface area contributed by atoms with Crippen LogP contribution in [0.4, 0.5) is 0 Å². The van der Waals surface area contributed by atoms with Crippen molar-refractivity contribution in [2.75, 3.05) is 0 Å². The molecular weight excluding hydrogens is 243 g/mol. The molecule has 0 amide bonds. The quantitative estimate of drug-likeness (QED) is 0.861. The Labute approximate surface area is 103 Å². The fourth-order valence-corrected chi connectivity index (χ4v) is 1.86. The van der Waals surface area contributed by atoms with Crippen molar-refractivity contribution < 1.29 is 0 Å². The molecular formula is C12H8Cl2N2. The molecule has 0 aliphatic carbocycles. The second-order valence-electron chi connectivity index (χ2n) is 3.38. The van der Waals surface area contributed by atoms with Crippen LogP contribution in [0.2, 0.25) is 10.0 Å². The van der Waals surface area contributed by atoms with Crippen LogP contribution in [-0.2, 0) is 0 Å². The number of H-pyrrole nitrogens is 1. The normalized spacial score (nSPS) is 12.1. The molecule has 0 spiro atoms. The summed E-state index contributed by atoms with van der Waals surface area (Å²) in [6.07, 6.45) is 3.59. The molecule has 80 valence electrons. The molecule has 0 fully saturated rings. The Bertz CT molecular complexity index is 526. The lowest BCUT2D eigenvalue weighted by molar-refractivity contribution is 1.04. The molecule has 16 heavy (non-hydrogen) atoms. The molecule has 0 radical (unpaired) electrons. The van der Waals surface area contributed by atoms with Crippen LogP contribution in [0.3, 0.4) is 0 Å². The molecule has 0 saturated heterocycles. The Kier molecular flexibility index (Phi) is 3.19. The molecule has 0 saturated carbocycles. The summed E-state index contributed by atoms with van der Waals surface area (Å²) in [4.78, 5) is 2.93. The predicted octanol–water partition coefficient (Wildman–Crippen LogP) is 3.98. The smallest absolute Gasteiger partial charge is 0.0977 e. The van der Waals surface area contributed by atoms with Gasteiger partial charge in [0, 0.05) is 12.4 Å². The molecule has 1 aromatic heterocycles. The number of benzene rings is 1. The largest absolute Gasteiger partial charge is 0.367 e. The number of hydrogen-bond acceptors (Lipinski definition) is 1. The number of rotatable bonds is 2. The average molecular weight is 251 g/mol. The van der Waals surface area contributed by atoms with Crippen molar-refractivity contribution in [2.24, 2.45) is 0 Å². The molecule has 1 N–H and O–H groups in total. The first-order valence-electron chi connectivity index (χ1n) is 4.69. The number of hydrogen-bond donors (Lipinski definition) is 1. The molecule has 1 unspecified atom stereocenters. The summed E-state index contributed by atoms with van der Waals surface area (Å²) in [5, 5.41) is 10.1. The van der Waals surface area contributed by atoms with Gasteiger partial charge in [-0.2, -0.15) is 5.26 Å². The predicted molar refractivity (Wildman–Crippen MR) is 64.7 cm³/mol. The van der Waals surface area contributed by atoms with Gasteiger partial charge in [0.15, 0.2) is 0 Å². The van der Waals surface area contributed by atoms with E-state index in [2.05, 4.69) is 11.1 Å². The van der Waals surface area contributed by atoms with Gasteiger partial charge in [-0.25, -0.2) is 0 Å². The monoisotopic (exact) mass is 250 g/mol. The third-order valence-electron chi connectivity index (χ3n) is 2.36. The van der Waals surface area contributed by atoms with E-state index in [0.29, 0.717) is 10.0 Å². The van der Waals surface area contributed by atoms with Crippen LogP contribution >= 0.6 is 23.2 Å². The molecule has 4 heteroatoms. The Balaban J connectivity index is 2.43. The van der Waals surface area contributed by atoms with Gasteiger partial charge in [0.1, 0.15) is 0 Å². The highest BCUT2D eigenvalue weighted by Crippen LogP contribution is 2.29. The SMILES string of the molecule is N#CC(c1cc[nH]c1)c1ccc(Cl)c(Cl)c1. The fraction of sp³-hybridized carbons (Fsp3) is 0.0833. The zero-order valence-corrected chi connectivity index (χ0v) is 9.76. The second kappa shape index (κ2) is 4.61. The Morgan fingerprint density at radius 1 is 1.12 bits per heavy atom. The standard InChI is InChI=1S/C12H8Cl2N2/c13-11-2-1-8(5-12(11)14)10(6-15)9-3-4-16-7-9/h1-5,7,10,16H. The molecule has 1 heterocycles. The summed E-state index contributed by atoms with van der Waals surface area (Å²) < 4.78 is 0. The number of halogens is 2. The van der Waals surface area contributed by atoms with E-state index in [4.69, 9.17) is 23.2 Å². The minimum atomic E-state index is -0.319. The van der Waals surface area contributed by atoms with Gasteiger partial charge in [-0.1, -0.05) is 29.3 Å². The first kappa shape index (κ1) is 11.1. The summed E-state index contributed by atoms with van der Waals surface area (Å²) >= 11 is 11.8. The number of aromatic amines is 1. The number of nitrogens with zero attached hydrogens (tertiary/aromatic N) is 1. The van der Waals surface area contributed by atoms with Gasteiger partial charge in [-0.15, -0.1) is 0 Å². The van der Waals surface area contributed by atoms with E-state index < -0.39 is 0 Å². The maximum Gasteiger partial charge on any atom is 0.0977 e. The van der Waals surface area contributed by atoms with Crippen LogP contribution in [0.5, 0.6) is 0 Å². The second-order valence-corrected chi connectivity index (χ2v) is 4.19. The molecule has 2 aromatic rings. The highest BCUT2D eigenvalue weighted by molar-refractivity contribution is 6.42. The summed E-state index contributed by atoms with van der Waals surface area (Å²) in [6.45, 7) is 0. The van der Waals surface area contributed by atoms with Crippen molar-refractivity contribution in [3.8, 4) is 6.07 Å². The highest BCUT2D eigenvalue weighted by Gasteiger charge is 2.14. The van der Waals surface area contributed by atoms with Gasteiger partial charge in [0.05, 0.1) is 22.0 Å². The van der Waals surface area contributed by atoms with Crippen molar-refractivity contribution >= 4 is 23.2 Å². The summed E-state index contributed by atoms with van der Waals surface area (Å²) in [7, 11) is 0. The van der Waals surface area contributed by atoms with Gasteiger partial charge >= 0.3 is 0 Å². The average Bonchev–Trinajstić information content (AvgIpc) is 2.78. The maximum absolute atomic E-state index is 9.17. The van der Waals surface area contributed by atoms with Crippen LogP contribution in [0, 0.1) is 11.3 Å². The lowest BCUT2D eigenvalue weighted by Crippen LogP contribution is -1.96. The number of aromatic nitrogens is 1. The van der Waals surface area contributed by atoms with Gasteiger partial charge in [-0.3, -0.25) is 0 Å². The van der Waals surface area contributed by atoms with E-state index in [0.717, 1.165) is 11.1 Å². The van der Waals surface area contributed by atoms with Gasteiger partial charge in [0.2, 0.25) is 0 Å². The zero-order valence-electron chi connectivity index (χ0n) is 8.24. The summed E-state index contributed by atoms with van der Waals surface area (Å²) in [5.41, 5.74) is 1.76. The van der Waals surface area contributed by atoms with Gasteiger partial charge < -0.3 is 4.98 Å². The van der Waals surface area contributed by atoms with E-state index in [-0.39, 0.29) is 5.92 Å². The van der Waals surface area contributed by atoms with Crippen molar-refractivity contribution in [2.45, 2.75) is 5.92 Å². The van der Waals surface area contributed by atoms with E-state index in [1.807, 2.05) is 12.1 Å². The van der Waals surface area contributed by atoms with Crippen molar-refractivity contribution in [3.05, 3.63) is 57.8 Å². The van der Waals surface area contributed by atoms with Crippen LogP contribution in [-0.4, -0.2) is 4.98 Å². The van der Waals surface area contributed by atoms with Crippen LogP contribution in [0.25, 0.3) is 0 Å². The third-order valence-corrected chi connectivity index (χ3v) is 3.10. The molecule has 2 nitrogen and oxygen atoms in total. The summed E-state index contributed by atoms with van der Waals surface area (Å²) in [5.74, 6) is -0.319. The molecule has 0 bridgehead atoms. The highest BCUT2D eigenvalue weighted by atomic mass is 35.5. The fourth-order valence-electron chi connectivity index (χ4n) is 1.55. The minimum Gasteiger partial charge on any atom is -0.367 e. The van der Waals surface area contributed by atoms with Gasteiger partial charge in [0.25, 0.3) is 0 Å². The van der Waals surface area contributed by atoms with E-state index >= 15 is 0 Å². The Hall–Kier alpha value is -1.43. The van der Waals surface area contributed by atoms with Gasteiger partial charge in [-0.05, 0) is 29.3 Å². The van der Waals surface area contributed by atoms with E-state index in [9.17, 15) is 5.26 Å². The first-order valence-corrected chi connectivity index (χ1v) is 5.45. The molecule has 1 atom stereocenters. The minimum absolute atomic E-state index is 0.319. The van der Waals surface area contributed by atoms with Crippen molar-refractivity contribution in [3.63, 3.8) is 0 Å². The van der Waals surface area contributed by atoms with Crippen LogP contribution in [0.15, 0.2) is 36.7 Å². The lowest BCUT2D eigenvalue weighted by Gasteiger charge is -2.08. The number of nitriles is 1. The lowest BCUT2D eigenvalue weighted by atomic mass is 9.95. The molecule has 0 aliphatic rings. The third kappa shape index (κ3) is 2.06. The number of nitrogens with one attached hydrogen (secondary N) is 1. The molecule has 2 rings (SSSR count). The van der Waals surface area contributed by atoms with E-state index in [1.165, 1.54) is 0 Å². The topological polar surface area (TPSA) is 39.6 Å². The molecule has 0 aliphatic heterocycles. The summed E-state index contributed by atoms with van der Waals surface area (Å²) in [6, 6.07) is 9.36.